The van der Waals surface area contributed by atoms with Crippen molar-refractivity contribution in [3.63, 3.8) is 0 Å². The van der Waals surface area contributed by atoms with Crippen molar-refractivity contribution in [3.05, 3.63) is 57.4 Å². The molecule has 1 atom stereocenters. The van der Waals surface area contributed by atoms with Crippen molar-refractivity contribution in [2.75, 3.05) is 5.73 Å². The van der Waals surface area contributed by atoms with Gasteiger partial charge in [0, 0.05) is 11.8 Å². The molecule has 3 N–H and O–H groups in total. The Morgan fingerprint density at radius 2 is 2.11 bits per heavy atom. The highest BCUT2D eigenvalue weighted by atomic mass is 79.9. The molecular weight excluding hydrogens is 299 g/mol. The number of halogens is 2. The van der Waals surface area contributed by atoms with E-state index in [1.54, 1.807) is 24.4 Å². The molecule has 0 spiro atoms. The molecule has 5 heteroatoms. The third kappa shape index (κ3) is 2.52. The molecule has 0 radical (unpaired) electrons. The van der Waals surface area contributed by atoms with Gasteiger partial charge in [-0.15, -0.1) is 0 Å². The van der Waals surface area contributed by atoms with Crippen LogP contribution < -0.4 is 5.73 Å². The maximum absolute atomic E-state index is 13.4. The summed E-state index contributed by atoms with van der Waals surface area (Å²) in [4.78, 5) is 3.98. The van der Waals surface area contributed by atoms with E-state index in [1.165, 1.54) is 6.07 Å². The molecule has 0 aliphatic heterocycles. The van der Waals surface area contributed by atoms with Gasteiger partial charge in [0.05, 0.1) is 4.47 Å². The smallest absolute Gasteiger partial charge is 0.137 e. The zero-order chi connectivity index (χ0) is 13.3. The van der Waals surface area contributed by atoms with Crippen molar-refractivity contribution in [3.8, 4) is 0 Å². The standard InChI is InChI=1S/C13H12BrFN2O/c1-7-4-9(13(16)17-6-7)12(18)8-2-3-10(14)11(15)5-8/h2-6,12,18H,1H3,(H2,16,17). The van der Waals surface area contributed by atoms with Crippen LogP contribution in [-0.2, 0) is 0 Å². The lowest BCUT2D eigenvalue weighted by Gasteiger charge is -2.14. The summed E-state index contributed by atoms with van der Waals surface area (Å²) in [7, 11) is 0. The number of hydrogen-bond acceptors (Lipinski definition) is 3. The van der Waals surface area contributed by atoms with E-state index in [9.17, 15) is 9.50 Å². The van der Waals surface area contributed by atoms with Crippen LogP contribution in [0.4, 0.5) is 10.2 Å². The minimum absolute atomic E-state index is 0.247. The van der Waals surface area contributed by atoms with E-state index in [1.807, 2.05) is 6.92 Å². The topological polar surface area (TPSA) is 59.1 Å². The SMILES string of the molecule is Cc1cnc(N)c(C(O)c2ccc(Br)c(F)c2)c1. The van der Waals surface area contributed by atoms with E-state index < -0.39 is 11.9 Å². The Kier molecular flexibility index (Phi) is 3.63. The summed E-state index contributed by atoms with van der Waals surface area (Å²) in [6, 6.07) is 6.20. The first-order chi connectivity index (χ1) is 8.49. The number of aryl methyl sites for hydroxylation is 1. The van der Waals surface area contributed by atoms with Crippen molar-refractivity contribution in [2.24, 2.45) is 0 Å². The second-order valence-electron chi connectivity index (χ2n) is 4.06. The van der Waals surface area contributed by atoms with Crippen LogP contribution >= 0.6 is 15.9 Å². The van der Waals surface area contributed by atoms with E-state index in [0.29, 0.717) is 15.6 Å². The molecule has 2 rings (SSSR count). The van der Waals surface area contributed by atoms with Crippen LogP contribution in [0.1, 0.15) is 22.8 Å². The van der Waals surface area contributed by atoms with Crippen LogP contribution in [0.2, 0.25) is 0 Å². The fraction of sp³-hybridized carbons (Fsp3) is 0.154. The van der Waals surface area contributed by atoms with E-state index in [2.05, 4.69) is 20.9 Å². The number of anilines is 1. The van der Waals surface area contributed by atoms with Gasteiger partial charge in [-0.3, -0.25) is 0 Å². The summed E-state index contributed by atoms with van der Waals surface area (Å²) >= 11 is 3.07. The van der Waals surface area contributed by atoms with Gasteiger partial charge in [0.15, 0.2) is 0 Å². The van der Waals surface area contributed by atoms with Crippen molar-refractivity contribution in [1.82, 2.24) is 4.98 Å². The van der Waals surface area contributed by atoms with Crippen LogP contribution in [0.3, 0.4) is 0 Å². The highest BCUT2D eigenvalue weighted by Gasteiger charge is 2.16. The average Bonchev–Trinajstić information content (AvgIpc) is 2.35. The Hall–Kier alpha value is -1.46. The van der Waals surface area contributed by atoms with E-state index in [4.69, 9.17) is 5.73 Å². The van der Waals surface area contributed by atoms with Gasteiger partial charge in [-0.2, -0.15) is 0 Å². The maximum Gasteiger partial charge on any atom is 0.137 e. The van der Waals surface area contributed by atoms with Crippen LogP contribution in [0.15, 0.2) is 34.9 Å². The lowest BCUT2D eigenvalue weighted by atomic mass is 10.0. The Morgan fingerprint density at radius 3 is 2.78 bits per heavy atom. The first-order valence-corrected chi connectivity index (χ1v) is 6.13. The van der Waals surface area contributed by atoms with E-state index in [0.717, 1.165) is 5.56 Å². The van der Waals surface area contributed by atoms with Gasteiger partial charge in [-0.1, -0.05) is 6.07 Å². The van der Waals surface area contributed by atoms with Crippen LogP contribution in [0.25, 0.3) is 0 Å². The molecule has 2 aromatic rings. The molecule has 0 fully saturated rings. The molecule has 0 aliphatic rings. The van der Waals surface area contributed by atoms with Gasteiger partial charge in [-0.25, -0.2) is 9.37 Å². The lowest BCUT2D eigenvalue weighted by Crippen LogP contribution is -2.06. The van der Waals surface area contributed by atoms with Gasteiger partial charge < -0.3 is 10.8 Å². The molecule has 18 heavy (non-hydrogen) atoms. The largest absolute Gasteiger partial charge is 0.384 e. The van der Waals surface area contributed by atoms with Crippen LogP contribution in [0.5, 0.6) is 0 Å². The minimum Gasteiger partial charge on any atom is -0.384 e. The van der Waals surface area contributed by atoms with Crippen LogP contribution in [-0.4, -0.2) is 10.1 Å². The predicted octanol–water partition coefficient (Wildman–Crippen LogP) is 2.96. The van der Waals surface area contributed by atoms with Gasteiger partial charge in [-0.05, 0) is 52.2 Å². The second kappa shape index (κ2) is 5.04. The fourth-order valence-electron chi connectivity index (χ4n) is 1.68. The number of nitrogen functional groups attached to an aromatic ring is 1. The maximum atomic E-state index is 13.4. The van der Waals surface area contributed by atoms with Crippen molar-refractivity contribution >= 4 is 21.7 Å². The Morgan fingerprint density at radius 1 is 1.39 bits per heavy atom. The lowest BCUT2D eigenvalue weighted by molar-refractivity contribution is 0.220. The quantitative estimate of drug-likeness (QED) is 0.896. The Bertz CT molecular complexity index is 589. The highest BCUT2D eigenvalue weighted by Crippen LogP contribution is 2.28. The summed E-state index contributed by atoms with van der Waals surface area (Å²) in [5.41, 5.74) is 7.53. The summed E-state index contributed by atoms with van der Waals surface area (Å²) < 4.78 is 13.8. The monoisotopic (exact) mass is 310 g/mol. The predicted molar refractivity (Wildman–Crippen MR) is 71.5 cm³/mol. The normalized spacial score (nSPS) is 12.4. The number of aromatic nitrogens is 1. The first kappa shape index (κ1) is 13.0. The van der Waals surface area contributed by atoms with Crippen molar-refractivity contribution in [1.29, 1.82) is 0 Å². The molecule has 1 heterocycles. The van der Waals surface area contributed by atoms with Gasteiger partial charge in [0.1, 0.15) is 17.7 Å². The highest BCUT2D eigenvalue weighted by molar-refractivity contribution is 9.10. The van der Waals surface area contributed by atoms with Gasteiger partial charge >= 0.3 is 0 Å². The molecular formula is C13H12BrFN2O. The number of benzene rings is 1. The zero-order valence-corrected chi connectivity index (χ0v) is 11.3. The Labute approximate surface area is 113 Å². The number of hydrogen-bond donors (Lipinski definition) is 2. The molecule has 0 aliphatic carbocycles. The van der Waals surface area contributed by atoms with Crippen molar-refractivity contribution < 1.29 is 9.50 Å². The van der Waals surface area contributed by atoms with Crippen molar-refractivity contribution in [2.45, 2.75) is 13.0 Å². The van der Waals surface area contributed by atoms with E-state index >= 15 is 0 Å². The number of aliphatic hydroxyl groups excluding tert-OH is 1. The Balaban J connectivity index is 2.44. The van der Waals surface area contributed by atoms with Gasteiger partial charge in [0.25, 0.3) is 0 Å². The fourth-order valence-corrected chi connectivity index (χ4v) is 1.93. The molecule has 0 saturated heterocycles. The molecule has 94 valence electrons. The summed E-state index contributed by atoms with van der Waals surface area (Å²) in [5.74, 6) is -0.179. The number of nitrogens with zero attached hydrogens (tertiary/aromatic N) is 1. The van der Waals surface area contributed by atoms with Gasteiger partial charge in [0.2, 0.25) is 0 Å². The van der Waals surface area contributed by atoms with E-state index in [-0.39, 0.29) is 5.82 Å². The molecule has 0 bridgehead atoms. The zero-order valence-electron chi connectivity index (χ0n) is 9.69. The molecule has 1 unspecified atom stereocenters. The molecule has 3 nitrogen and oxygen atoms in total. The molecule has 0 amide bonds. The number of rotatable bonds is 2. The second-order valence-corrected chi connectivity index (χ2v) is 4.92. The minimum atomic E-state index is -0.986. The van der Waals surface area contributed by atoms with Crippen LogP contribution in [0, 0.1) is 12.7 Å². The molecule has 1 aromatic carbocycles. The average molecular weight is 311 g/mol. The third-order valence-electron chi connectivity index (χ3n) is 2.64. The summed E-state index contributed by atoms with van der Waals surface area (Å²) in [5, 5.41) is 10.2. The molecule has 0 saturated carbocycles. The molecule has 1 aromatic heterocycles. The number of pyridine rings is 1. The summed E-state index contributed by atoms with van der Waals surface area (Å²) in [6.07, 6.45) is 0.633. The number of aliphatic hydroxyl groups is 1. The summed E-state index contributed by atoms with van der Waals surface area (Å²) in [6.45, 7) is 1.85. The third-order valence-corrected chi connectivity index (χ3v) is 3.28. The first-order valence-electron chi connectivity index (χ1n) is 5.34. The number of nitrogens with two attached hydrogens (primary N) is 1.